The van der Waals surface area contributed by atoms with Gasteiger partial charge >= 0.3 is 0 Å². The Balaban J connectivity index is 0.000000106. The number of hydrogen-bond acceptors (Lipinski definition) is 15. The van der Waals surface area contributed by atoms with Gasteiger partial charge in [0.05, 0.1) is 35.7 Å². The van der Waals surface area contributed by atoms with E-state index in [1.165, 1.54) is 79.3 Å². The Morgan fingerprint density at radius 1 is 0.460 bits per heavy atom. The van der Waals surface area contributed by atoms with Crippen LogP contribution in [0.2, 0.25) is 0 Å². The molecule has 0 amide bonds. The summed E-state index contributed by atoms with van der Waals surface area (Å²) in [6, 6.07) is 11.0. The third-order valence-electron chi connectivity index (χ3n) is 20.1. The zero-order valence-electron chi connectivity index (χ0n) is 53.8. The summed E-state index contributed by atoms with van der Waals surface area (Å²) in [5.41, 5.74) is 8.38. The van der Waals surface area contributed by atoms with E-state index in [-0.39, 0.29) is 30.1 Å². The van der Waals surface area contributed by atoms with Crippen LogP contribution >= 0.6 is 0 Å². The number of fused-ring (bicyclic) bond motifs is 15. The minimum absolute atomic E-state index is 0.139. The summed E-state index contributed by atoms with van der Waals surface area (Å²) in [6.45, 7) is 38.0. The zero-order chi connectivity index (χ0) is 61.3. The van der Waals surface area contributed by atoms with Crippen molar-refractivity contribution in [3.8, 4) is 28.7 Å². The van der Waals surface area contributed by atoms with Gasteiger partial charge in [0.25, 0.3) is 5.92 Å². The van der Waals surface area contributed by atoms with Crippen LogP contribution in [0.1, 0.15) is 198 Å². The molecule has 0 aromatic carbocycles. The Hall–Kier alpha value is -6.65. The molecule has 5 atom stereocenters. The van der Waals surface area contributed by atoms with Gasteiger partial charge in [-0.15, -0.1) is 0 Å². The number of ether oxygens (including phenoxy) is 5. The first-order valence-corrected chi connectivity index (χ1v) is 32.5. The van der Waals surface area contributed by atoms with E-state index in [4.69, 9.17) is 23.7 Å². The van der Waals surface area contributed by atoms with E-state index in [9.17, 15) is 8.78 Å². The highest BCUT2D eigenvalue weighted by Crippen LogP contribution is 2.58. The molecule has 0 unspecified atom stereocenters. The predicted molar refractivity (Wildman–Crippen MR) is 342 cm³/mol. The van der Waals surface area contributed by atoms with Crippen molar-refractivity contribution in [3.63, 3.8) is 0 Å². The predicted octanol–water partition coefficient (Wildman–Crippen LogP) is 14.4. The van der Waals surface area contributed by atoms with Crippen molar-refractivity contribution in [2.24, 2.45) is 5.41 Å². The average Bonchev–Trinajstić information content (AvgIpc) is 1.77. The second-order valence-corrected chi connectivity index (χ2v) is 28.6. The zero-order valence-corrected chi connectivity index (χ0v) is 53.8. The molecule has 5 saturated heterocycles. The van der Waals surface area contributed by atoms with Crippen molar-refractivity contribution < 1.29 is 32.5 Å². The van der Waals surface area contributed by atoms with Gasteiger partial charge in [0, 0.05) is 91.4 Å². The minimum atomic E-state index is -2.63. The van der Waals surface area contributed by atoms with Crippen molar-refractivity contribution in [1.29, 1.82) is 0 Å². The monoisotopic (exact) mass is 1190 g/mol. The van der Waals surface area contributed by atoms with Crippen LogP contribution in [0.25, 0.3) is 0 Å². The van der Waals surface area contributed by atoms with Crippen molar-refractivity contribution in [2.75, 3.05) is 90.3 Å². The summed E-state index contributed by atoms with van der Waals surface area (Å²) >= 11 is 0. The molecule has 15 nitrogen and oxygen atoms in total. The van der Waals surface area contributed by atoms with Crippen molar-refractivity contribution >= 4 is 29.1 Å². The maximum absolute atomic E-state index is 13.5. The Bertz CT molecular complexity index is 3170. The first kappa shape index (κ1) is 60.6. The molecular formula is C70H94F2N10O5. The topological polar surface area (TPSA) is 127 Å². The van der Waals surface area contributed by atoms with Crippen LogP contribution in [0.3, 0.4) is 0 Å². The van der Waals surface area contributed by atoms with Crippen molar-refractivity contribution in [1.82, 2.24) is 24.9 Å². The number of aromatic nitrogens is 5. The lowest BCUT2D eigenvalue weighted by Crippen LogP contribution is -2.49. The molecule has 0 N–H and O–H groups in total. The normalized spacial score (nSPS) is 25.5. The first-order chi connectivity index (χ1) is 41.6. The molecule has 11 aliphatic rings. The smallest absolute Gasteiger partial charge is 0.267 e. The molecule has 15 heterocycles. The molecule has 0 radical (unpaired) electrons. The highest BCUT2D eigenvalue weighted by molar-refractivity contribution is 5.65. The van der Waals surface area contributed by atoms with Gasteiger partial charge in [-0.3, -0.25) is 0 Å². The molecule has 17 heteroatoms. The molecule has 468 valence electrons. The summed E-state index contributed by atoms with van der Waals surface area (Å²) in [5, 5.41) is 0. The highest BCUT2D eigenvalue weighted by atomic mass is 19.3. The van der Waals surface area contributed by atoms with E-state index in [0.717, 1.165) is 104 Å². The quantitative estimate of drug-likeness (QED) is 0.155. The van der Waals surface area contributed by atoms with Gasteiger partial charge in [0.2, 0.25) is 0 Å². The van der Waals surface area contributed by atoms with Crippen LogP contribution in [-0.4, -0.2) is 126 Å². The Labute approximate surface area is 515 Å². The number of anilines is 5. The fourth-order valence-corrected chi connectivity index (χ4v) is 15.0. The molecule has 5 aromatic rings. The van der Waals surface area contributed by atoms with Gasteiger partial charge in [-0.2, -0.15) is 0 Å². The Morgan fingerprint density at radius 3 is 1.22 bits per heavy atom. The van der Waals surface area contributed by atoms with E-state index in [1.54, 1.807) is 11.1 Å². The second-order valence-electron chi connectivity index (χ2n) is 28.6. The summed E-state index contributed by atoms with van der Waals surface area (Å²) < 4.78 is 56.7. The van der Waals surface area contributed by atoms with E-state index in [0.29, 0.717) is 65.3 Å². The largest absolute Gasteiger partial charge is 0.487 e. The van der Waals surface area contributed by atoms with E-state index in [1.807, 2.05) is 30.9 Å². The average molecular weight is 1190 g/mol. The first-order valence-electron chi connectivity index (χ1n) is 32.5. The van der Waals surface area contributed by atoms with E-state index >= 15 is 0 Å². The number of halogens is 2. The van der Waals surface area contributed by atoms with Gasteiger partial charge in [-0.1, -0.05) is 81.4 Å². The summed E-state index contributed by atoms with van der Waals surface area (Å²) in [6.07, 6.45) is 19.3. The van der Waals surface area contributed by atoms with Gasteiger partial charge in [-0.25, -0.2) is 33.7 Å². The van der Waals surface area contributed by atoms with Crippen LogP contribution in [0.5, 0.6) is 28.7 Å². The van der Waals surface area contributed by atoms with Gasteiger partial charge in [0.15, 0.2) is 57.8 Å². The lowest BCUT2D eigenvalue weighted by atomic mass is 9.97. The minimum Gasteiger partial charge on any atom is -0.487 e. The fraction of sp³-hybridized carbons (Fsp3) is 0.614. The second kappa shape index (κ2) is 23.7. The van der Waals surface area contributed by atoms with Crippen LogP contribution in [0.15, 0.2) is 73.5 Å². The molecule has 10 aliphatic heterocycles. The molecule has 16 rings (SSSR count). The Kier molecular flexibility index (Phi) is 16.5. The Morgan fingerprint density at radius 2 is 0.816 bits per heavy atom. The van der Waals surface area contributed by atoms with E-state index in [2.05, 4.69) is 158 Å². The highest BCUT2D eigenvalue weighted by Gasteiger charge is 2.54. The number of pyridine rings is 5. The molecule has 6 fully saturated rings. The molecule has 1 aliphatic carbocycles. The lowest BCUT2D eigenvalue weighted by Gasteiger charge is -2.41. The summed E-state index contributed by atoms with van der Waals surface area (Å²) in [7, 11) is 0. The van der Waals surface area contributed by atoms with E-state index < -0.39 is 5.92 Å². The molecule has 1 spiro atoms. The molecule has 87 heavy (non-hydrogen) atoms. The fourth-order valence-electron chi connectivity index (χ4n) is 15.0. The molecular weight excluding hydrogens is 1100 g/mol. The molecule has 1 saturated carbocycles. The standard InChI is InChI=1S/C15H20N2O.2C14H20N2O.C14H18N2O.C13H16F2N2O/c1-10(2)12-3-6-16-14-13(12)18-8-11-7-15(4-5-15)9-17(11)14;2*1-10(2)11-5-7-15-13-12(11)17-9-14(3)6-4-8-16(13)14;1-9(2)12-4-5-15-14-13(12)17-8-11-6-10(3)7-16(11)14;1-8(2)10-3-4-16-12-11(10)18-6-9-5-13(14,15)7-17(9)12/h3,6,10-11H,4-5,7-9H2,1-2H3;2*5,7,10H,4,6,8-9H2,1-3H3;4-5,9,11H,3,6-8H2,1-2H3;3-4,8-9H,5-7H2,1-2H3/t11-;2*14-;11-;9-/m10000/s1. The van der Waals surface area contributed by atoms with Crippen LogP contribution < -0.4 is 48.2 Å². The summed E-state index contributed by atoms with van der Waals surface area (Å²) in [5.74, 6) is 9.13. The lowest BCUT2D eigenvalue weighted by molar-refractivity contribution is 0.0210. The third kappa shape index (κ3) is 11.7. The number of rotatable bonds is 5. The molecule has 5 aromatic heterocycles. The van der Waals surface area contributed by atoms with Crippen LogP contribution in [-0.2, 0) is 0 Å². The number of hydrogen-bond donors (Lipinski definition) is 0. The van der Waals surface area contributed by atoms with Crippen molar-refractivity contribution in [2.45, 2.75) is 206 Å². The van der Waals surface area contributed by atoms with Crippen molar-refractivity contribution in [3.05, 3.63) is 101 Å². The number of alkyl halides is 2. The maximum atomic E-state index is 13.5. The maximum Gasteiger partial charge on any atom is 0.267 e. The SMILES string of the molecule is C=C1C[C@H]2COc3c(C(C)C)ccnc3N2C1.CC(C)c1ccnc2c1OC[C@@H]1CC(F)(F)CN21.CC(C)c1ccnc2c1OC[C@H]1CC3(CC3)CN21.CC(C)c1ccnc2c1OC[C@]1(C)CCCN21.CC(C)c1ccnc2c1OC[C@]1(C)CCCN21. The van der Waals surface area contributed by atoms with Crippen LogP contribution in [0, 0.1) is 5.41 Å². The van der Waals surface area contributed by atoms with Gasteiger partial charge < -0.3 is 48.2 Å². The van der Waals surface area contributed by atoms with Gasteiger partial charge in [0.1, 0.15) is 33.0 Å². The third-order valence-corrected chi connectivity index (χ3v) is 20.1. The number of nitrogens with zero attached hydrogens (tertiary/aromatic N) is 10. The molecule has 0 bridgehead atoms. The summed E-state index contributed by atoms with van der Waals surface area (Å²) in [4.78, 5) is 33.9. The van der Waals surface area contributed by atoms with Crippen LogP contribution in [0.4, 0.5) is 37.9 Å². The van der Waals surface area contributed by atoms with Gasteiger partial charge in [-0.05, 0) is 131 Å².